The van der Waals surface area contributed by atoms with Crippen molar-refractivity contribution in [3.8, 4) is 0 Å². The van der Waals surface area contributed by atoms with Crippen molar-refractivity contribution in [2.45, 2.75) is 25.4 Å². The predicted molar refractivity (Wildman–Crippen MR) is 119 cm³/mol. The summed E-state index contributed by atoms with van der Waals surface area (Å²) in [6.45, 7) is 2.67. The Balaban J connectivity index is 1.22. The molecule has 1 saturated heterocycles. The summed E-state index contributed by atoms with van der Waals surface area (Å²) in [5.74, 6) is -1.09. The van der Waals surface area contributed by atoms with E-state index in [9.17, 15) is 27.6 Å². The third-order valence-corrected chi connectivity index (χ3v) is 6.01. The molecule has 0 unspecified atom stereocenters. The van der Waals surface area contributed by atoms with E-state index < -0.39 is 17.5 Å². The number of halogens is 3. The normalized spacial score (nSPS) is 15.1. The monoisotopic (exact) mass is 475 g/mol. The van der Waals surface area contributed by atoms with Gasteiger partial charge in [-0.3, -0.25) is 14.5 Å². The minimum absolute atomic E-state index is 0.0490. The molecule has 2 aromatic carbocycles. The first-order valence-electron chi connectivity index (χ1n) is 11.0. The first-order chi connectivity index (χ1) is 16.2. The Morgan fingerprint density at radius 3 is 2.24 bits per heavy atom. The van der Waals surface area contributed by atoms with Gasteiger partial charge in [0.1, 0.15) is 0 Å². The van der Waals surface area contributed by atoms with E-state index in [0.29, 0.717) is 55.8 Å². The Morgan fingerprint density at radius 1 is 0.882 bits per heavy atom. The topological polar surface area (TPSA) is 75.8 Å². The number of piperazine rings is 1. The molecule has 1 aromatic heterocycles. The predicted octanol–water partition coefficient (Wildman–Crippen LogP) is 3.42. The lowest BCUT2D eigenvalue weighted by atomic mass is 10.1. The summed E-state index contributed by atoms with van der Waals surface area (Å²) in [6.07, 6.45) is -3.63. The van der Waals surface area contributed by atoms with E-state index in [0.717, 1.165) is 16.7 Å². The van der Waals surface area contributed by atoms with Crippen LogP contribution in [0.4, 0.5) is 13.2 Å². The van der Waals surface area contributed by atoms with Gasteiger partial charge in [0.25, 0.3) is 0 Å². The van der Waals surface area contributed by atoms with Gasteiger partial charge in [0.15, 0.2) is 5.58 Å². The number of aromatic nitrogens is 1. The summed E-state index contributed by atoms with van der Waals surface area (Å²) in [4.78, 5) is 40.9. The summed E-state index contributed by atoms with van der Waals surface area (Å²) in [5, 5.41) is 0. The average Bonchev–Trinajstić information content (AvgIpc) is 3.16. The number of rotatable bonds is 6. The number of aryl methyl sites for hydroxylation is 1. The number of fused-ring (bicyclic) bond motifs is 1. The molecule has 1 aliphatic rings. The zero-order valence-corrected chi connectivity index (χ0v) is 18.4. The Hall–Kier alpha value is -3.40. The van der Waals surface area contributed by atoms with Crippen molar-refractivity contribution >= 4 is 22.9 Å². The molecule has 4 rings (SSSR count). The number of hydrogen-bond acceptors (Lipinski definition) is 5. The summed E-state index contributed by atoms with van der Waals surface area (Å²) < 4.78 is 44.1. The van der Waals surface area contributed by atoms with Crippen LogP contribution >= 0.6 is 0 Å². The van der Waals surface area contributed by atoms with Crippen LogP contribution in [0.2, 0.25) is 0 Å². The van der Waals surface area contributed by atoms with Gasteiger partial charge in [-0.2, -0.15) is 13.2 Å². The maximum atomic E-state index is 12.7. The molecule has 0 bridgehead atoms. The van der Waals surface area contributed by atoms with Crippen molar-refractivity contribution in [1.82, 2.24) is 14.4 Å². The summed E-state index contributed by atoms with van der Waals surface area (Å²) in [5.41, 5.74) is 0.786. The number of benzene rings is 2. The standard InChI is InChI=1S/C24H24F3N3O4/c25-24(26,27)18-8-5-17(6-9-18)7-10-21(31)29-15-13-28(14-16-29)12-11-22(32)30-19-3-1-2-4-20(19)34-23(30)33/h1-6,8-9H,7,10-16H2. The Bertz CT molecular complexity index is 1220. The number of nitrogens with zero attached hydrogens (tertiary/aromatic N) is 3. The number of amides is 1. The van der Waals surface area contributed by atoms with Gasteiger partial charge < -0.3 is 9.32 Å². The first-order valence-corrected chi connectivity index (χ1v) is 11.0. The highest BCUT2D eigenvalue weighted by molar-refractivity contribution is 5.89. The number of carbonyl (C=O) groups excluding carboxylic acids is 2. The summed E-state index contributed by atoms with van der Waals surface area (Å²) in [6, 6.07) is 11.6. The van der Waals surface area contributed by atoms with Gasteiger partial charge in [0.05, 0.1) is 11.1 Å². The molecule has 7 nitrogen and oxygen atoms in total. The third kappa shape index (κ3) is 5.39. The number of carbonyl (C=O) groups is 2. The quantitative estimate of drug-likeness (QED) is 0.546. The van der Waals surface area contributed by atoms with Crippen molar-refractivity contribution in [2.24, 2.45) is 0 Å². The second kappa shape index (κ2) is 9.84. The van der Waals surface area contributed by atoms with Crippen LogP contribution in [0, 0.1) is 0 Å². The van der Waals surface area contributed by atoms with E-state index in [4.69, 9.17) is 4.42 Å². The van der Waals surface area contributed by atoms with Crippen LogP contribution in [0.5, 0.6) is 0 Å². The molecule has 10 heteroatoms. The lowest BCUT2D eigenvalue weighted by Crippen LogP contribution is -2.49. The van der Waals surface area contributed by atoms with Crippen molar-refractivity contribution in [1.29, 1.82) is 0 Å². The molecule has 0 aliphatic carbocycles. The van der Waals surface area contributed by atoms with E-state index in [2.05, 4.69) is 4.90 Å². The van der Waals surface area contributed by atoms with Crippen LogP contribution in [0.15, 0.2) is 57.7 Å². The highest BCUT2D eigenvalue weighted by Gasteiger charge is 2.30. The third-order valence-electron chi connectivity index (χ3n) is 6.01. The maximum absolute atomic E-state index is 12.7. The molecule has 0 saturated carbocycles. The summed E-state index contributed by atoms with van der Waals surface area (Å²) in [7, 11) is 0. The second-order valence-corrected chi connectivity index (χ2v) is 8.23. The van der Waals surface area contributed by atoms with Crippen molar-refractivity contribution in [3.05, 3.63) is 70.2 Å². The number of alkyl halides is 3. The molecule has 3 aromatic rings. The molecule has 180 valence electrons. The maximum Gasteiger partial charge on any atom is 0.426 e. The second-order valence-electron chi connectivity index (χ2n) is 8.23. The Kier molecular flexibility index (Phi) is 6.87. The molecule has 1 amide bonds. The van der Waals surface area contributed by atoms with Gasteiger partial charge in [0, 0.05) is 45.6 Å². The van der Waals surface area contributed by atoms with Crippen molar-refractivity contribution < 1.29 is 27.2 Å². The van der Waals surface area contributed by atoms with Gasteiger partial charge in [-0.05, 0) is 36.2 Å². The molecule has 34 heavy (non-hydrogen) atoms. The zero-order valence-electron chi connectivity index (χ0n) is 18.4. The average molecular weight is 475 g/mol. The molecular weight excluding hydrogens is 451 g/mol. The van der Waals surface area contributed by atoms with E-state index in [1.165, 1.54) is 12.1 Å². The highest BCUT2D eigenvalue weighted by Crippen LogP contribution is 2.29. The molecule has 1 aliphatic heterocycles. The molecule has 0 atom stereocenters. The summed E-state index contributed by atoms with van der Waals surface area (Å²) >= 11 is 0. The molecule has 2 heterocycles. The smallest absolute Gasteiger partial charge is 0.407 e. The Morgan fingerprint density at radius 2 is 1.56 bits per heavy atom. The lowest BCUT2D eigenvalue weighted by molar-refractivity contribution is -0.137. The first kappa shape index (κ1) is 23.7. The molecular formula is C24H24F3N3O4. The molecule has 0 radical (unpaired) electrons. The van der Waals surface area contributed by atoms with Gasteiger partial charge in [-0.1, -0.05) is 24.3 Å². The highest BCUT2D eigenvalue weighted by atomic mass is 19.4. The minimum Gasteiger partial charge on any atom is -0.407 e. The zero-order chi connectivity index (χ0) is 24.3. The SMILES string of the molecule is O=C(CCc1ccc(C(F)(F)F)cc1)N1CCN(CCC(=O)n2c(=O)oc3ccccc32)CC1. The Labute approximate surface area is 193 Å². The van der Waals surface area contributed by atoms with Crippen molar-refractivity contribution in [2.75, 3.05) is 32.7 Å². The van der Waals surface area contributed by atoms with Crippen LogP contribution in [0.3, 0.4) is 0 Å². The van der Waals surface area contributed by atoms with E-state index in [1.54, 1.807) is 29.2 Å². The van der Waals surface area contributed by atoms with Crippen LogP contribution in [-0.2, 0) is 17.4 Å². The molecule has 0 N–H and O–H groups in total. The van der Waals surface area contributed by atoms with Gasteiger partial charge in [-0.15, -0.1) is 0 Å². The number of hydrogen-bond donors (Lipinski definition) is 0. The van der Waals surface area contributed by atoms with Crippen LogP contribution in [-0.4, -0.2) is 58.9 Å². The fraction of sp³-hybridized carbons (Fsp3) is 0.375. The van der Waals surface area contributed by atoms with Gasteiger partial charge >= 0.3 is 11.9 Å². The van der Waals surface area contributed by atoms with Crippen LogP contribution in [0.25, 0.3) is 11.1 Å². The fourth-order valence-corrected chi connectivity index (χ4v) is 4.06. The molecule has 1 fully saturated rings. The van der Waals surface area contributed by atoms with Gasteiger partial charge in [-0.25, -0.2) is 9.36 Å². The number of para-hydroxylation sites is 2. The van der Waals surface area contributed by atoms with Gasteiger partial charge in [0.2, 0.25) is 11.8 Å². The minimum atomic E-state index is -4.37. The van der Waals surface area contributed by atoms with E-state index >= 15 is 0 Å². The van der Waals surface area contributed by atoms with Crippen LogP contribution < -0.4 is 5.76 Å². The molecule has 0 spiro atoms. The van der Waals surface area contributed by atoms with Crippen molar-refractivity contribution in [3.63, 3.8) is 0 Å². The lowest BCUT2D eigenvalue weighted by Gasteiger charge is -2.34. The largest absolute Gasteiger partial charge is 0.426 e. The van der Waals surface area contributed by atoms with E-state index in [1.807, 2.05) is 0 Å². The fourth-order valence-electron chi connectivity index (χ4n) is 4.06. The van der Waals surface area contributed by atoms with E-state index in [-0.39, 0.29) is 24.7 Å². The number of oxazole rings is 1. The van der Waals surface area contributed by atoms with Crippen LogP contribution in [0.1, 0.15) is 28.8 Å².